The summed E-state index contributed by atoms with van der Waals surface area (Å²) in [4.78, 5) is 15.7. The van der Waals surface area contributed by atoms with Gasteiger partial charge in [0.25, 0.3) is 5.91 Å². The van der Waals surface area contributed by atoms with Crippen LogP contribution in [0.25, 0.3) is 0 Å². The molecule has 0 spiro atoms. The van der Waals surface area contributed by atoms with E-state index in [4.69, 9.17) is 0 Å². The molecule has 0 heterocycles. The van der Waals surface area contributed by atoms with Crippen molar-refractivity contribution in [3.05, 3.63) is 29.3 Å². The molecule has 2 N–H and O–H groups in total. The van der Waals surface area contributed by atoms with Gasteiger partial charge in [-0.3, -0.25) is 9.63 Å². The molecule has 1 rings (SSSR count). The number of amides is 1. The number of hydrogen-bond donors (Lipinski definition) is 2. The van der Waals surface area contributed by atoms with Gasteiger partial charge in [-0.25, -0.2) is 5.48 Å². The number of para-hydroxylation sites is 1. The molecule has 70 valence electrons. The third-order valence-corrected chi connectivity index (χ3v) is 1.68. The highest BCUT2D eigenvalue weighted by Gasteiger charge is 2.11. The number of carbonyl (C=O) groups is 1. The van der Waals surface area contributed by atoms with Gasteiger partial charge in [-0.15, -0.1) is 0 Å². The molecule has 0 aliphatic heterocycles. The molecule has 0 bridgehead atoms. The van der Waals surface area contributed by atoms with Crippen LogP contribution in [0.1, 0.15) is 15.9 Å². The second-order valence-corrected chi connectivity index (χ2v) is 2.61. The number of hydroxylamine groups is 1. The van der Waals surface area contributed by atoms with Crippen LogP contribution < -0.4 is 5.48 Å². The van der Waals surface area contributed by atoms with Crippen molar-refractivity contribution in [1.29, 1.82) is 0 Å². The van der Waals surface area contributed by atoms with E-state index in [-0.39, 0.29) is 11.3 Å². The molecule has 0 unspecified atom stereocenters. The van der Waals surface area contributed by atoms with Crippen LogP contribution in [0.5, 0.6) is 5.75 Å². The van der Waals surface area contributed by atoms with Crippen LogP contribution in [0.2, 0.25) is 0 Å². The summed E-state index contributed by atoms with van der Waals surface area (Å²) in [6, 6.07) is 4.94. The summed E-state index contributed by atoms with van der Waals surface area (Å²) in [5.41, 5.74) is 3.00. The van der Waals surface area contributed by atoms with Crippen molar-refractivity contribution in [3.8, 4) is 5.75 Å². The molecule has 0 aromatic heterocycles. The predicted octanol–water partition coefficient (Wildman–Crippen LogP) is 0.992. The molecule has 4 heteroatoms. The molecule has 4 nitrogen and oxygen atoms in total. The number of nitrogens with one attached hydrogen (secondary N) is 1. The summed E-state index contributed by atoms with van der Waals surface area (Å²) in [5, 5.41) is 9.48. The average Bonchev–Trinajstić information content (AvgIpc) is 2.10. The Morgan fingerprint density at radius 1 is 1.54 bits per heavy atom. The molecule has 13 heavy (non-hydrogen) atoms. The van der Waals surface area contributed by atoms with Gasteiger partial charge < -0.3 is 5.11 Å². The van der Waals surface area contributed by atoms with E-state index >= 15 is 0 Å². The lowest BCUT2D eigenvalue weighted by Gasteiger charge is -2.05. The number of benzene rings is 1. The Morgan fingerprint density at radius 3 is 2.85 bits per heavy atom. The first-order valence-electron chi connectivity index (χ1n) is 3.78. The van der Waals surface area contributed by atoms with Crippen molar-refractivity contribution in [2.24, 2.45) is 0 Å². The van der Waals surface area contributed by atoms with Crippen LogP contribution in [-0.2, 0) is 4.84 Å². The van der Waals surface area contributed by atoms with E-state index in [0.717, 1.165) is 0 Å². The topological polar surface area (TPSA) is 58.6 Å². The highest BCUT2D eigenvalue weighted by Crippen LogP contribution is 2.20. The lowest BCUT2D eigenvalue weighted by Crippen LogP contribution is -2.21. The van der Waals surface area contributed by atoms with Gasteiger partial charge in [0.05, 0.1) is 12.7 Å². The maximum atomic E-state index is 11.2. The lowest BCUT2D eigenvalue weighted by molar-refractivity contribution is 0.0535. The quantitative estimate of drug-likeness (QED) is 0.669. The minimum absolute atomic E-state index is 0.0166. The van der Waals surface area contributed by atoms with Crippen molar-refractivity contribution in [3.63, 3.8) is 0 Å². The van der Waals surface area contributed by atoms with E-state index < -0.39 is 5.91 Å². The van der Waals surface area contributed by atoms with Gasteiger partial charge >= 0.3 is 0 Å². The maximum Gasteiger partial charge on any atom is 0.278 e. The zero-order chi connectivity index (χ0) is 9.84. The van der Waals surface area contributed by atoms with Crippen LogP contribution >= 0.6 is 0 Å². The molecule has 0 fully saturated rings. The highest BCUT2D eigenvalue weighted by atomic mass is 16.6. The van der Waals surface area contributed by atoms with Gasteiger partial charge in [-0.1, -0.05) is 12.1 Å². The molecule has 0 aliphatic rings. The zero-order valence-corrected chi connectivity index (χ0v) is 7.50. The van der Waals surface area contributed by atoms with Crippen LogP contribution in [0.4, 0.5) is 0 Å². The minimum Gasteiger partial charge on any atom is -0.507 e. The van der Waals surface area contributed by atoms with E-state index in [1.54, 1.807) is 19.1 Å². The fourth-order valence-corrected chi connectivity index (χ4v) is 0.990. The van der Waals surface area contributed by atoms with Crippen molar-refractivity contribution in [2.45, 2.75) is 6.92 Å². The summed E-state index contributed by atoms with van der Waals surface area (Å²) in [7, 11) is 1.34. The fourth-order valence-electron chi connectivity index (χ4n) is 0.990. The third-order valence-electron chi connectivity index (χ3n) is 1.68. The van der Waals surface area contributed by atoms with Gasteiger partial charge in [0.15, 0.2) is 0 Å². The summed E-state index contributed by atoms with van der Waals surface area (Å²) in [5.74, 6) is -0.472. The smallest absolute Gasteiger partial charge is 0.278 e. The molecule has 1 aromatic rings. The normalized spacial score (nSPS) is 9.69. The van der Waals surface area contributed by atoms with E-state index in [1.807, 2.05) is 0 Å². The Labute approximate surface area is 76.1 Å². The van der Waals surface area contributed by atoms with E-state index in [2.05, 4.69) is 10.3 Å². The Balaban J connectivity index is 3.01. The molecule has 0 aliphatic carbocycles. The largest absolute Gasteiger partial charge is 0.507 e. The lowest BCUT2D eigenvalue weighted by atomic mass is 10.1. The molecule has 1 amide bonds. The van der Waals surface area contributed by atoms with Crippen LogP contribution in [-0.4, -0.2) is 18.1 Å². The Morgan fingerprint density at radius 2 is 2.23 bits per heavy atom. The van der Waals surface area contributed by atoms with Gasteiger partial charge in [0, 0.05) is 0 Å². The molecule has 0 atom stereocenters. The zero-order valence-electron chi connectivity index (χ0n) is 7.50. The third kappa shape index (κ3) is 1.97. The molecule has 0 saturated carbocycles. The standard InChI is InChI=1S/C9H11NO3/c1-6-4-3-5-7(8(6)11)9(12)10-13-2/h3-5,11H,1-2H3,(H,10,12). The first kappa shape index (κ1) is 9.54. The molecular formula is C9H11NO3. The van der Waals surface area contributed by atoms with Crippen molar-refractivity contribution < 1.29 is 14.7 Å². The van der Waals surface area contributed by atoms with Gasteiger partial charge in [0.2, 0.25) is 0 Å². The van der Waals surface area contributed by atoms with Crippen LogP contribution in [0, 0.1) is 6.92 Å². The molecular weight excluding hydrogens is 170 g/mol. The van der Waals surface area contributed by atoms with E-state index in [1.165, 1.54) is 13.2 Å². The molecule has 0 radical (unpaired) electrons. The summed E-state index contributed by atoms with van der Waals surface area (Å²) in [6.07, 6.45) is 0. The number of aryl methyl sites for hydroxylation is 1. The second kappa shape index (κ2) is 3.91. The number of phenols is 1. The number of carbonyl (C=O) groups excluding carboxylic acids is 1. The molecule has 1 aromatic carbocycles. The Kier molecular flexibility index (Phi) is 2.87. The highest BCUT2D eigenvalue weighted by molar-refractivity contribution is 5.96. The average molecular weight is 181 g/mol. The van der Waals surface area contributed by atoms with Crippen LogP contribution in [0.15, 0.2) is 18.2 Å². The SMILES string of the molecule is CONC(=O)c1cccc(C)c1O. The van der Waals surface area contributed by atoms with Crippen molar-refractivity contribution >= 4 is 5.91 Å². The van der Waals surface area contributed by atoms with Crippen LogP contribution in [0.3, 0.4) is 0 Å². The summed E-state index contributed by atoms with van der Waals surface area (Å²) in [6.45, 7) is 1.72. The number of phenolic OH excluding ortho intramolecular Hbond substituents is 1. The number of hydrogen-bond acceptors (Lipinski definition) is 3. The number of rotatable bonds is 2. The first-order valence-corrected chi connectivity index (χ1v) is 3.78. The maximum absolute atomic E-state index is 11.2. The molecule has 0 saturated heterocycles. The Hall–Kier alpha value is -1.55. The van der Waals surface area contributed by atoms with Gasteiger partial charge in [-0.2, -0.15) is 0 Å². The monoisotopic (exact) mass is 181 g/mol. The van der Waals surface area contributed by atoms with Crippen molar-refractivity contribution in [1.82, 2.24) is 5.48 Å². The van der Waals surface area contributed by atoms with Gasteiger partial charge in [-0.05, 0) is 18.6 Å². The minimum atomic E-state index is -0.455. The fraction of sp³-hybridized carbons (Fsp3) is 0.222. The van der Waals surface area contributed by atoms with Crippen molar-refractivity contribution in [2.75, 3.05) is 7.11 Å². The summed E-state index contributed by atoms with van der Waals surface area (Å²) < 4.78 is 0. The number of aromatic hydroxyl groups is 1. The summed E-state index contributed by atoms with van der Waals surface area (Å²) >= 11 is 0. The predicted molar refractivity (Wildman–Crippen MR) is 47.3 cm³/mol. The first-order chi connectivity index (χ1) is 6.16. The van der Waals surface area contributed by atoms with E-state index in [0.29, 0.717) is 5.56 Å². The second-order valence-electron chi connectivity index (χ2n) is 2.61. The van der Waals surface area contributed by atoms with E-state index in [9.17, 15) is 9.90 Å². The Bertz CT molecular complexity index is 323. The van der Waals surface area contributed by atoms with Gasteiger partial charge in [0.1, 0.15) is 5.75 Å².